The van der Waals surface area contributed by atoms with Crippen LogP contribution < -0.4 is 5.32 Å². The van der Waals surface area contributed by atoms with Gasteiger partial charge in [0.15, 0.2) is 0 Å². The zero-order valence-corrected chi connectivity index (χ0v) is 14.3. The van der Waals surface area contributed by atoms with E-state index >= 15 is 0 Å². The zero-order chi connectivity index (χ0) is 16.8. The Kier molecular flexibility index (Phi) is 5.33. The summed E-state index contributed by atoms with van der Waals surface area (Å²) in [7, 11) is 0. The van der Waals surface area contributed by atoms with Crippen molar-refractivity contribution >= 4 is 17.2 Å². The zero-order valence-electron chi connectivity index (χ0n) is 13.5. The van der Waals surface area contributed by atoms with Crippen molar-refractivity contribution in [2.75, 3.05) is 0 Å². The normalized spacial score (nSPS) is 10.5. The highest BCUT2D eigenvalue weighted by atomic mass is 32.1. The Balaban J connectivity index is 1.49. The SMILES string of the molecule is Cc1cccc(CNC(=O)CCc2csc(-c3ccccn3)n2)c1. The van der Waals surface area contributed by atoms with Crippen LogP contribution in [0.15, 0.2) is 54.0 Å². The number of hydrogen-bond donors (Lipinski definition) is 1. The van der Waals surface area contributed by atoms with Gasteiger partial charge in [-0.25, -0.2) is 4.98 Å². The van der Waals surface area contributed by atoms with Gasteiger partial charge < -0.3 is 5.32 Å². The summed E-state index contributed by atoms with van der Waals surface area (Å²) in [5.41, 5.74) is 4.13. The lowest BCUT2D eigenvalue weighted by Crippen LogP contribution is -2.23. The molecule has 1 amide bonds. The quantitative estimate of drug-likeness (QED) is 0.745. The first-order valence-corrected chi connectivity index (χ1v) is 8.77. The molecule has 0 radical (unpaired) electrons. The second kappa shape index (κ2) is 7.84. The molecule has 5 heteroatoms. The van der Waals surface area contributed by atoms with Crippen LogP contribution in [0, 0.1) is 6.92 Å². The van der Waals surface area contributed by atoms with Gasteiger partial charge >= 0.3 is 0 Å². The molecule has 2 heterocycles. The number of hydrogen-bond acceptors (Lipinski definition) is 4. The highest BCUT2D eigenvalue weighted by Gasteiger charge is 2.08. The number of aromatic nitrogens is 2. The van der Waals surface area contributed by atoms with Gasteiger partial charge in [-0.15, -0.1) is 11.3 Å². The van der Waals surface area contributed by atoms with E-state index in [0.717, 1.165) is 22.0 Å². The lowest BCUT2D eigenvalue weighted by atomic mass is 10.1. The van der Waals surface area contributed by atoms with Crippen molar-refractivity contribution in [3.63, 3.8) is 0 Å². The minimum atomic E-state index is 0.0453. The van der Waals surface area contributed by atoms with Gasteiger partial charge in [-0.3, -0.25) is 9.78 Å². The highest BCUT2D eigenvalue weighted by molar-refractivity contribution is 7.13. The molecule has 0 spiro atoms. The van der Waals surface area contributed by atoms with Crippen LogP contribution in [-0.2, 0) is 17.8 Å². The van der Waals surface area contributed by atoms with Crippen molar-refractivity contribution < 1.29 is 4.79 Å². The summed E-state index contributed by atoms with van der Waals surface area (Å²) in [4.78, 5) is 20.9. The van der Waals surface area contributed by atoms with Crippen LogP contribution in [-0.4, -0.2) is 15.9 Å². The average molecular weight is 337 g/mol. The predicted molar refractivity (Wildman–Crippen MR) is 96.7 cm³/mol. The molecule has 0 aliphatic heterocycles. The van der Waals surface area contributed by atoms with Crippen LogP contribution in [0.3, 0.4) is 0 Å². The molecule has 0 bridgehead atoms. The van der Waals surface area contributed by atoms with E-state index in [0.29, 0.717) is 19.4 Å². The molecule has 4 nitrogen and oxygen atoms in total. The van der Waals surface area contributed by atoms with E-state index in [1.54, 1.807) is 17.5 Å². The molecular weight excluding hydrogens is 318 g/mol. The Morgan fingerprint density at radius 3 is 2.92 bits per heavy atom. The summed E-state index contributed by atoms with van der Waals surface area (Å²) in [6, 6.07) is 13.9. The van der Waals surface area contributed by atoms with Gasteiger partial charge in [-0.1, -0.05) is 35.9 Å². The fraction of sp³-hybridized carbons (Fsp3) is 0.211. The number of aryl methyl sites for hydroxylation is 2. The number of pyridine rings is 1. The van der Waals surface area contributed by atoms with E-state index in [1.165, 1.54) is 5.56 Å². The van der Waals surface area contributed by atoms with E-state index in [2.05, 4.69) is 21.4 Å². The van der Waals surface area contributed by atoms with Crippen LogP contribution in [0.4, 0.5) is 0 Å². The number of nitrogens with zero attached hydrogens (tertiary/aromatic N) is 2. The van der Waals surface area contributed by atoms with E-state index < -0.39 is 0 Å². The van der Waals surface area contributed by atoms with E-state index in [4.69, 9.17) is 0 Å². The van der Waals surface area contributed by atoms with E-state index in [-0.39, 0.29) is 5.91 Å². The highest BCUT2D eigenvalue weighted by Crippen LogP contribution is 2.21. The van der Waals surface area contributed by atoms with Crippen molar-refractivity contribution in [1.29, 1.82) is 0 Å². The summed E-state index contributed by atoms with van der Waals surface area (Å²) in [6.07, 6.45) is 2.84. The maximum Gasteiger partial charge on any atom is 0.220 e. The standard InChI is InChI=1S/C19H19N3OS/c1-14-5-4-6-15(11-14)12-21-18(23)9-8-16-13-24-19(22-16)17-7-2-3-10-20-17/h2-7,10-11,13H,8-9,12H2,1H3,(H,21,23). The topological polar surface area (TPSA) is 54.9 Å². The van der Waals surface area contributed by atoms with Crippen molar-refractivity contribution in [3.05, 3.63) is 70.9 Å². The van der Waals surface area contributed by atoms with Gasteiger partial charge in [0.25, 0.3) is 0 Å². The maximum absolute atomic E-state index is 12.0. The van der Waals surface area contributed by atoms with Crippen molar-refractivity contribution in [3.8, 4) is 10.7 Å². The van der Waals surface area contributed by atoms with Crippen molar-refractivity contribution in [2.24, 2.45) is 0 Å². The van der Waals surface area contributed by atoms with Crippen molar-refractivity contribution in [2.45, 2.75) is 26.3 Å². The van der Waals surface area contributed by atoms with Crippen LogP contribution in [0.5, 0.6) is 0 Å². The number of amides is 1. The predicted octanol–water partition coefficient (Wildman–Crippen LogP) is 3.76. The number of thiazole rings is 1. The number of rotatable bonds is 6. The molecule has 1 N–H and O–H groups in total. The molecule has 3 aromatic rings. The lowest BCUT2D eigenvalue weighted by molar-refractivity contribution is -0.121. The molecule has 3 rings (SSSR count). The van der Waals surface area contributed by atoms with Crippen LogP contribution in [0.1, 0.15) is 23.2 Å². The largest absolute Gasteiger partial charge is 0.352 e. The Labute approximate surface area is 145 Å². The molecule has 0 unspecified atom stereocenters. The number of nitrogens with one attached hydrogen (secondary N) is 1. The Morgan fingerprint density at radius 1 is 1.21 bits per heavy atom. The van der Waals surface area contributed by atoms with Gasteiger partial charge in [-0.2, -0.15) is 0 Å². The maximum atomic E-state index is 12.0. The minimum absolute atomic E-state index is 0.0453. The first kappa shape index (κ1) is 16.3. The summed E-state index contributed by atoms with van der Waals surface area (Å²) in [5.74, 6) is 0.0453. The fourth-order valence-corrected chi connectivity index (χ4v) is 3.21. The van der Waals surface area contributed by atoms with Crippen LogP contribution in [0.25, 0.3) is 10.7 Å². The summed E-state index contributed by atoms with van der Waals surface area (Å²) >= 11 is 1.56. The van der Waals surface area contributed by atoms with Crippen LogP contribution in [0.2, 0.25) is 0 Å². The number of benzene rings is 1. The first-order chi connectivity index (χ1) is 11.7. The van der Waals surface area contributed by atoms with Gasteiger partial charge in [0.1, 0.15) is 5.01 Å². The molecule has 2 aromatic heterocycles. The Hall–Kier alpha value is -2.53. The van der Waals surface area contributed by atoms with Gasteiger partial charge in [-0.05, 0) is 31.0 Å². The molecule has 0 saturated heterocycles. The smallest absolute Gasteiger partial charge is 0.220 e. The lowest BCUT2D eigenvalue weighted by Gasteiger charge is -2.05. The number of carbonyl (C=O) groups is 1. The van der Waals surface area contributed by atoms with Gasteiger partial charge in [0.2, 0.25) is 5.91 Å². The molecule has 0 fully saturated rings. The molecule has 0 aliphatic carbocycles. The summed E-state index contributed by atoms with van der Waals surface area (Å²) in [6.45, 7) is 2.61. The van der Waals surface area contributed by atoms with Gasteiger partial charge in [0.05, 0.1) is 11.4 Å². The van der Waals surface area contributed by atoms with Gasteiger partial charge in [0, 0.05) is 24.5 Å². The summed E-state index contributed by atoms with van der Waals surface area (Å²) < 4.78 is 0. The number of carbonyl (C=O) groups excluding carboxylic acids is 1. The molecule has 122 valence electrons. The van der Waals surface area contributed by atoms with Crippen LogP contribution >= 0.6 is 11.3 Å². The minimum Gasteiger partial charge on any atom is -0.352 e. The summed E-state index contributed by atoms with van der Waals surface area (Å²) in [5, 5.41) is 5.85. The van der Waals surface area contributed by atoms with E-state index in [9.17, 15) is 4.79 Å². The average Bonchev–Trinajstić information content (AvgIpc) is 3.08. The third kappa shape index (κ3) is 4.49. The van der Waals surface area contributed by atoms with E-state index in [1.807, 2.05) is 48.7 Å². The van der Waals surface area contributed by atoms with Crippen molar-refractivity contribution in [1.82, 2.24) is 15.3 Å². The third-order valence-corrected chi connectivity index (χ3v) is 4.53. The Morgan fingerprint density at radius 2 is 2.12 bits per heavy atom. The Bertz CT molecular complexity index is 814. The second-order valence-corrected chi connectivity index (χ2v) is 6.48. The third-order valence-electron chi connectivity index (χ3n) is 3.62. The molecule has 24 heavy (non-hydrogen) atoms. The molecule has 0 aliphatic rings. The molecular formula is C19H19N3OS. The second-order valence-electron chi connectivity index (χ2n) is 5.62. The molecule has 1 aromatic carbocycles. The monoisotopic (exact) mass is 337 g/mol. The first-order valence-electron chi connectivity index (χ1n) is 7.89. The molecule has 0 saturated carbocycles. The fourth-order valence-electron chi connectivity index (χ4n) is 2.38. The molecule has 0 atom stereocenters.